The number of amides is 1. The van der Waals surface area contributed by atoms with E-state index in [2.05, 4.69) is 29.4 Å². The molecule has 0 aliphatic carbocycles. The summed E-state index contributed by atoms with van der Waals surface area (Å²) in [5.74, 6) is 0.227. The van der Waals surface area contributed by atoms with Gasteiger partial charge in [0.25, 0.3) is 5.91 Å². The molecule has 2 heterocycles. The fourth-order valence-corrected chi connectivity index (χ4v) is 2.84. The summed E-state index contributed by atoms with van der Waals surface area (Å²) in [4.78, 5) is 12.6. The van der Waals surface area contributed by atoms with Crippen LogP contribution in [0.2, 0.25) is 0 Å². The monoisotopic (exact) mass is 267 g/mol. The molecule has 17 heavy (non-hydrogen) atoms. The van der Waals surface area contributed by atoms with Crippen LogP contribution in [-0.4, -0.2) is 16.1 Å². The van der Waals surface area contributed by atoms with Gasteiger partial charge in [-0.05, 0) is 23.9 Å². The number of thiophene rings is 1. The molecule has 2 aromatic rings. The summed E-state index contributed by atoms with van der Waals surface area (Å²) in [7, 11) is 0. The Morgan fingerprint density at radius 1 is 1.41 bits per heavy atom. The minimum absolute atomic E-state index is 0.107. The zero-order valence-corrected chi connectivity index (χ0v) is 11.5. The van der Waals surface area contributed by atoms with Crippen LogP contribution in [0.5, 0.6) is 0 Å². The van der Waals surface area contributed by atoms with E-state index in [1.54, 1.807) is 0 Å². The van der Waals surface area contributed by atoms with Gasteiger partial charge in [0.1, 0.15) is 5.01 Å². The highest BCUT2D eigenvalue weighted by atomic mass is 32.1. The summed E-state index contributed by atoms with van der Waals surface area (Å²) >= 11 is 2.86. The minimum atomic E-state index is -0.107. The number of hydrogen-bond acceptors (Lipinski definition) is 5. The van der Waals surface area contributed by atoms with Crippen LogP contribution in [0.3, 0.4) is 0 Å². The van der Waals surface area contributed by atoms with Gasteiger partial charge in [0, 0.05) is 5.92 Å². The van der Waals surface area contributed by atoms with Crippen molar-refractivity contribution in [2.75, 3.05) is 5.32 Å². The van der Waals surface area contributed by atoms with Crippen molar-refractivity contribution in [1.82, 2.24) is 10.2 Å². The van der Waals surface area contributed by atoms with Crippen molar-refractivity contribution < 1.29 is 4.79 Å². The first kappa shape index (κ1) is 12.2. The molecule has 0 fully saturated rings. The molecule has 0 unspecified atom stereocenters. The molecule has 2 rings (SSSR count). The molecule has 0 aliphatic rings. The Kier molecular flexibility index (Phi) is 3.54. The number of nitrogens with one attached hydrogen (secondary N) is 1. The number of carbonyl (C=O) groups excluding carboxylic acids is 1. The van der Waals surface area contributed by atoms with Crippen molar-refractivity contribution in [3.63, 3.8) is 0 Å². The fraction of sp³-hybridized carbons (Fsp3) is 0.364. The molecule has 0 spiro atoms. The zero-order valence-electron chi connectivity index (χ0n) is 9.85. The Balaban J connectivity index is 2.11. The van der Waals surface area contributed by atoms with Crippen LogP contribution >= 0.6 is 22.7 Å². The summed E-state index contributed by atoms with van der Waals surface area (Å²) < 4.78 is 0. The SMILES string of the molecule is Cc1ccsc1C(=O)Nc1nnc(C(C)C)s1. The third kappa shape index (κ3) is 2.70. The molecule has 0 aromatic carbocycles. The van der Waals surface area contributed by atoms with Crippen LogP contribution in [0.25, 0.3) is 0 Å². The Labute approximate surface area is 108 Å². The van der Waals surface area contributed by atoms with Crippen molar-refractivity contribution in [3.8, 4) is 0 Å². The average molecular weight is 267 g/mol. The number of hydrogen-bond donors (Lipinski definition) is 1. The number of anilines is 1. The molecule has 90 valence electrons. The molecular formula is C11H13N3OS2. The van der Waals surface area contributed by atoms with Crippen LogP contribution in [0.1, 0.15) is 40.0 Å². The third-order valence-electron chi connectivity index (χ3n) is 2.22. The van der Waals surface area contributed by atoms with E-state index in [9.17, 15) is 4.79 Å². The van der Waals surface area contributed by atoms with E-state index < -0.39 is 0 Å². The molecule has 1 N–H and O–H groups in total. The third-order valence-corrected chi connectivity index (χ3v) is 4.38. The Morgan fingerprint density at radius 3 is 2.71 bits per heavy atom. The van der Waals surface area contributed by atoms with Gasteiger partial charge in [-0.1, -0.05) is 25.2 Å². The van der Waals surface area contributed by atoms with Crippen LogP contribution < -0.4 is 5.32 Å². The normalized spacial score (nSPS) is 10.8. The fourth-order valence-electron chi connectivity index (χ4n) is 1.28. The van der Waals surface area contributed by atoms with Crippen LogP contribution in [0.4, 0.5) is 5.13 Å². The van der Waals surface area contributed by atoms with Gasteiger partial charge in [-0.25, -0.2) is 0 Å². The molecule has 1 amide bonds. The lowest BCUT2D eigenvalue weighted by atomic mass is 10.2. The van der Waals surface area contributed by atoms with E-state index in [1.807, 2.05) is 18.4 Å². The summed E-state index contributed by atoms with van der Waals surface area (Å²) in [6.45, 7) is 6.02. The summed E-state index contributed by atoms with van der Waals surface area (Å²) in [5.41, 5.74) is 0.987. The predicted molar refractivity (Wildman–Crippen MR) is 71.0 cm³/mol. The van der Waals surface area contributed by atoms with Gasteiger partial charge in [-0.15, -0.1) is 21.5 Å². The number of aromatic nitrogens is 2. The first-order valence-corrected chi connectivity index (χ1v) is 6.96. The van der Waals surface area contributed by atoms with Crippen molar-refractivity contribution in [3.05, 3.63) is 26.9 Å². The lowest BCUT2D eigenvalue weighted by Crippen LogP contribution is -2.10. The maximum Gasteiger partial charge on any atom is 0.267 e. The molecule has 2 aromatic heterocycles. The van der Waals surface area contributed by atoms with E-state index in [4.69, 9.17) is 0 Å². The molecule has 0 saturated heterocycles. The van der Waals surface area contributed by atoms with Gasteiger partial charge in [-0.2, -0.15) is 0 Å². The van der Waals surface area contributed by atoms with Gasteiger partial charge in [0.2, 0.25) is 5.13 Å². The maximum absolute atomic E-state index is 11.9. The summed E-state index contributed by atoms with van der Waals surface area (Å²) in [5, 5.41) is 14.2. The zero-order chi connectivity index (χ0) is 12.4. The van der Waals surface area contributed by atoms with Crippen molar-refractivity contribution in [2.45, 2.75) is 26.7 Å². The molecule has 0 bridgehead atoms. The Bertz CT molecular complexity index is 530. The molecule has 0 saturated carbocycles. The van der Waals surface area contributed by atoms with E-state index in [0.717, 1.165) is 15.4 Å². The predicted octanol–water partition coefficient (Wildman–Crippen LogP) is 3.28. The standard InChI is InChI=1S/C11H13N3OS2/c1-6(2)10-13-14-11(17-10)12-9(15)8-7(3)4-5-16-8/h4-6H,1-3H3,(H,12,14,15). The number of nitrogens with zero attached hydrogens (tertiary/aromatic N) is 2. The van der Waals surface area contributed by atoms with Crippen molar-refractivity contribution in [1.29, 1.82) is 0 Å². The molecule has 6 heteroatoms. The molecule has 0 aliphatic heterocycles. The second-order valence-corrected chi connectivity index (χ2v) is 5.91. The summed E-state index contributed by atoms with van der Waals surface area (Å²) in [6, 6.07) is 1.93. The highest BCUT2D eigenvalue weighted by molar-refractivity contribution is 7.15. The van der Waals surface area contributed by atoms with Gasteiger partial charge in [0.15, 0.2) is 0 Å². The average Bonchev–Trinajstić information content (AvgIpc) is 2.86. The second-order valence-electron chi connectivity index (χ2n) is 3.99. The van der Waals surface area contributed by atoms with Gasteiger partial charge >= 0.3 is 0 Å². The number of rotatable bonds is 3. The van der Waals surface area contributed by atoms with Gasteiger partial charge < -0.3 is 0 Å². The largest absolute Gasteiger partial charge is 0.296 e. The summed E-state index contributed by atoms with van der Waals surface area (Å²) in [6.07, 6.45) is 0. The number of carbonyl (C=O) groups is 1. The minimum Gasteiger partial charge on any atom is -0.296 e. The highest BCUT2D eigenvalue weighted by Crippen LogP contribution is 2.24. The van der Waals surface area contributed by atoms with E-state index in [-0.39, 0.29) is 5.91 Å². The first-order valence-electron chi connectivity index (χ1n) is 5.26. The smallest absolute Gasteiger partial charge is 0.267 e. The van der Waals surface area contributed by atoms with Crippen LogP contribution in [-0.2, 0) is 0 Å². The van der Waals surface area contributed by atoms with Crippen molar-refractivity contribution in [2.24, 2.45) is 0 Å². The first-order chi connectivity index (χ1) is 8.08. The van der Waals surface area contributed by atoms with E-state index in [0.29, 0.717) is 11.0 Å². The highest BCUT2D eigenvalue weighted by Gasteiger charge is 2.14. The Morgan fingerprint density at radius 2 is 2.18 bits per heavy atom. The molecular weight excluding hydrogens is 254 g/mol. The second kappa shape index (κ2) is 4.93. The van der Waals surface area contributed by atoms with Crippen molar-refractivity contribution >= 4 is 33.7 Å². The molecule has 0 atom stereocenters. The molecule has 0 radical (unpaired) electrons. The van der Waals surface area contributed by atoms with E-state index >= 15 is 0 Å². The lowest BCUT2D eigenvalue weighted by Gasteiger charge is -1.99. The number of aryl methyl sites for hydroxylation is 1. The maximum atomic E-state index is 11.9. The van der Waals surface area contributed by atoms with Gasteiger partial charge in [0.05, 0.1) is 4.88 Å². The van der Waals surface area contributed by atoms with Crippen LogP contribution in [0, 0.1) is 6.92 Å². The quantitative estimate of drug-likeness (QED) is 0.928. The van der Waals surface area contributed by atoms with Crippen LogP contribution in [0.15, 0.2) is 11.4 Å². The van der Waals surface area contributed by atoms with E-state index in [1.165, 1.54) is 22.7 Å². The van der Waals surface area contributed by atoms with Gasteiger partial charge in [-0.3, -0.25) is 10.1 Å². The molecule has 4 nitrogen and oxygen atoms in total. The Hall–Kier alpha value is -1.27. The lowest BCUT2D eigenvalue weighted by molar-refractivity contribution is 0.103. The topological polar surface area (TPSA) is 54.9 Å².